The van der Waals surface area contributed by atoms with E-state index in [4.69, 9.17) is 16.3 Å². The number of pyridine rings is 1. The molecule has 0 amide bonds. The Balaban J connectivity index is 0.00000106. The van der Waals surface area contributed by atoms with Crippen LogP contribution in [0.2, 0.25) is 5.15 Å². The second-order valence-electron chi connectivity index (χ2n) is 2.89. The number of halogens is 1. The predicted octanol–water partition coefficient (Wildman–Crippen LogP) is 3.43. The monoisotopic (exact) mass is 243 g/mol. The van der Waals surface area contributed by atoms with Crippen LogP contribution in [-0.4, -0.2) is 17.6 Å². The largest absolute Gasteiger partial charge is 0.466 e. The molecule has 1 aromatic rings. The van der Waals surface area contributed by atoms with Crippen LogP contribution in [0.25, 0.3) is 0 Å². The van der Waals surface area contributed by atoms with Gasteiger partial charge in [-0.25, -0.2) is 4.98 Å². The molecule has 0 saturated heterocycles. The average molecular weight is 244 g/mol. The normalized spacial score (nSPS) is 11.1. The molecule has 0 aliphatic rings. The van der Waals surface area contributed by atoms with Crippen molar-refractivity contribution in [3.8, 4) is 0 Å². The molecule has 0 saturated carbocycles. The lowest BCUT2D eigenvalue weighted by molar-refractivity contribution is -0.144. The van der Waals surface area contributed by atoms with E-state index in [0.717, 1.165) is 5.56 Å². The summed E-state index contributed by atoms with van der Waals surface area (Å²) in [5, 5.41) is 0.421. The zero-order valence-corrected chi connectivity index (χ0v) is 10.9. The van der Waals surface area contributed by atoms with Crippen molar-refractivity contribution in [2.45, 2.75) is 33.6 Å². The standard InChI is InChI=1S/C10H12ClNO2.C2H6/c1-3-14-10(13)7(2)8-4-5-9(11)12-6-8;1-2/h4-7H,3H2,1-2H3;1-2H3. The van der Waals surface area contributed by atoms with Gasteiger partial charge in [0.05, 0.1) is 12.5 Å². The predicted molar refractivity (Wildman–Crippen MR) is 65.6 cm³/mol. The number of aromatic nitrogens is 1. The molecule has 0 N–H and O–H groups in total. The van der Waals surface area contributed by atoms with Gasteiger partial charge < -0.3 is 4.74 Å². The third-order valence-corrected chi connectivity index (χ3v) is 2.11. The minimum Gasteiger partial charge on any atom is -0.466 e. The average Bonchev–Trinajstić information content (AvgIpc) is 2.32. The number of esters is 1. The minimum atomic E-state index is -0.292. The maximum absolute atomic E-state index is 11.3. The molecule has 1 heterocycles. The van der Waals surface area contributed by atoms with Crippen LogP contribution in [0, 0.1) is 0 Å². The minimum absolute atomic E-state index is 0.239. The van der Waals surface area contributed by atoms with Crippen LogP contribution in [0.4, 0.5) is 0 Å². The molecule has 1 aromatic heterocycles. The van der Waals surface area contributed by atoms with E-state index in [1.807, 2.05) is 13.8 Å². The smallest absolute Gasteiger partial charge is 0.313 e. The molecule has 0 aliphatic heterocycles. The molecule has 0 radical (unpaired) electrons. The summed E-state index contributed by atoms with van der Waals surface area (Å²) < 4.78 is 4.89. The van der Waals surface area contributed by atoms with Gasteiger partial charge in [0.2, 0.25) is 0 Å². The van der Waals surface area contributed by atoms with Gasteiger partial charge in [0, 0.05) is 6.20 Å². The molecule has 90 valence electrons. The summed E-state index contributed by atoms with van der Waals surface area (Å²) in [7, 11) is 0. The maximum atomic E-state index is 11.3. The first-order chi connectivity index (χ1) is 7.65. The van der Waals surface area contributed by atoms with Crippen LogP contribution in [-0.2, 0) is 9.53 Å². The number of ether oxygens (including phenoxy) is 1. The van der Waals surface area contributed by atoms with E-state index in [1.54, 1.807) is 32.2 Å². The summed E-state index contributed by atoms with van der Waals surface area (Å²) >= 11 is 5.63. The molecule has 0 fully saturated rings. The van der Waals surface area contributed by atoms with Crippen LogP contribution < -0.4 is 0 Å². The summed E-state index contributed by atoms with van der Waals surface area (Å²) in [4.78, 5) is 15.2. The van der Waals surface area contributed by atoms with Crippen LogP contribution in [0.15, 0.2) is 18.3 Å². The van der Waals surface area contributed by atoms with E-state index in [1.165, 1.54) is 0 Å². The summed E-state index contributed by atoms with van der Waals surface area (Å²) in [6.07, 6.45) is 1.59. The van der Waals surface area contributed by atoms with Crippen molar-refractivity contribution in [3.05, 3.63) is 29.0 Å². The Morgan fingerprint density at radius 2 is 2.12 bits per heavy atom. The lowest BCUT2D eigenvalue weighted by Gasteiger charge is -2.09. The van der Waals surface area contributed by atoms with Gasteiger partial charge in [-0.3, -0.25) is 4.79 Å². The Morgan fingerprint density at radius 3 is 2.56 bits per heavy atom. The lowest BCUT2D eigenvalue weighted by atomic mass is 10.0. The summed E-state index contributed by atoms with van der Waals surface area (Å²) in [6.45, 7) is 7.96. The Morgan fingerprint density at radius 1 is 1.50 bits per heavy atom. The Hall–Kier alpha value is -1.09. The number of carbonyl (C=O) groups excluding carboxylic acids is 1. The van der Waals surface area contributed by atoms with Gasteiger partial charge in [-0.2, -0.15) is 0 Å². The number of hydrogen-bond acceptors (Lipinski definition) is 3. The quantitative estimate of drug-likeness (QED) is 0.603. The lowest BCUT2D eigenvalue weighted by Crippen LogP contribution is -2.13. The molecule has 1 atom stereocenters. The van der Waals surface area contributed by atoms with Crippen molar-refractivity contribution in [1.82, 2.24) is 4.98 Å². The number of rotatable bonds is 3. The van der Waals surface area contributed by atoms with Crippen molar-refractivity contribution < 1.29 is 9.53 Å². The fourth-order valence-corrected chi connectivity index (χ4v) is 1.16. The molecule has 0 spiro atoms. The Bertz CT molecular complexity index is 311. The molecule has 1 unspecified atom stereocenters. The number of hydrogen-bond donors (Lipinski definition) is 0. The molecule has 0 aliphatic carbocycles. The van der Waals surface area contributed by atoms with Gasteiger partial charge in [-0.1, -0.05) is 31.5 Å². The highest BCUT2D eigenvalue weighted by atomic mass is 35.5. The van der Waals surface area contributed by atoms with Gasteiger partial charge in [0.1, 0.15) is 5.15 Å². The zero-order valence-electron chi connectivity index (χ0n) is 10.2. The molecule has 3 nitrogen and oxygen atoms in total. The van der Waals surface area contributed by atoms with E-state index in [-0.39, 0.29) is 11.9 Å². The van der Waals surface area contributed by atoms with E-state index >= 15 is 0 Å². The van der Waals surface area contributed by atoms with E-state index in [9.17, 15) is 4.79 Å². The topological polar surface area (TPSA) is 39.2 Å². The third-order valence-electron chi connectivity index (χ3n) is 1.89. The first kappa shape index (κ1) is 14.9. The highest BCUT2D eigenvalue weighted by Crippen LogP contribution is 2.17. The van der Waals surface area contributed by atoms with Crippen molar-refractivity contribution in [2.75, 3.05) is 6.61 Å². The van der Waals surface area contributed by atoms with Gasteiger partial charge in [0.15, 0.2) is 0 Å². The summed E-state index contributed by atoms with van der Waals surface area (Å²) in [6, 6.07) is 3.43. The molecule has 16 heavy (non-hydrogen) atoms. The van der Waals surface area contributed by atoms with Gasteiger partial charge in [0.25, 0.3) is 0 Å². The Kier molecular flexibility index (Phi) is 7.56. The first-order valence-electron chi connectivity index (χ1n) is 5.43. The van der Waals surface area contributed by atoms with Crippen molar-refractivity contribution in [3.63, 3.8) is 0 Å². The van der Waals surface area contributed by atoms with Crippen molar-refractivity contribution >= 4 is 17.6 Å². The van der Waals surface area contributed by atoms with Gasteiger partial charge in [-0.15, -0.1) is 0 Å². The molecular formula is C12H18ClNO2. The van der Waals surface area contributed by atoms with Crippen LogP contribution in [0.5, 0.6) is 0 Å². The highest BCUT2D eigenvalue weighted by Gasteiger charge is 2.16. The van der Waals surface area contributed by atoms with E-state index < -0.39 is 0 Å². The van der Waals surface area contributed by atoms with Crippen molar-refractivity contribution in [1.29, 1.82) is 0 Å². The fraction of sp³-hybridized carbons (Fsp3) is 0.500. The number of carbonyl (C=O) groups is 1. The summed E-state index contributed by atoms with van der Waals surface area (Å²) in [5.41, 5.74) is 0.813. The number of nitrogens with zero attached hydrogens (tertiary/aromatic N) is 1. The Labute approximate surface area is 102 Å². The van der Waals surface area contributed by atoms with Gasteiger partial charge in [-0.05, 0) is 25.5 Å². The van der Waals surface area contributed by atoms with Gasteiger partial charge >= 0.3 is 5.97 Å². The molecule has 1 rings (SSSR count). The summed E-state index contributed by atoms with van der Waals surface area (Å²) in [5.74, 6) is -0.531. The second kappa shape index (κ2) is 8.11. The van der Waals surface area contributed by atoms with Crippen LogP contribution >= 0.6 is 11.6 Å². The van der Waals surface area contributed by atoms with Crippen molar-refractivity contribution in [2.24, 2.45) is 0 Å². The van der Waals surface area contributed by atoms with Crippen LogP contribution in [0.1, 0.15) is 39.2 Å². The second-order valence-corrected chi connectivity index (χ2v) is 3.28. The zero-order chi connectivity index (χ0) is 12.6. The SMILES string of the molecule is CC.CCOC(=O)C(C)c1ccc(Cl)nc1. The maximum Gasteiger partial charge on any atom is 0.313 e. The van der Waals surface area contributed by atoms with E-state index in [2.05, 4.69) is 4.98 Å². The fourth-order valence-electron chi connectivity index (χ4n) is 1.05. The molecule has 0 bridgehead atoms. The molecule has 0 aromatic carbocycles. The highest BCUT2D eigenvalue weighted by molar-refractivity contribution is 6.29. The van der Waals surface area contributed by atoms with E-state index in [0.29, 0.717) is 11.8 Å². The molecule has 4 heteroatoms. The third kappa shape index (κ3) is 4.62. The first-order valence-corrected chi connectivity index (χ1v) is 5.81. The van der Waals surface area contributed by atoms with Crippen LogP contribution in [0.3, 0.4) is 0 Å². The molecular weight excluding hydrogens is 226 g/mol.